The van der Waals surface area contributed by atoms with E-state index in [9.17, 15) is 4.79 Å². The van der Waals surface area contributed by atoms with E-state index in [2.05, 4.69) is 27.7 Å². The van der Waals surface area contributed by atoms with Crippen LogP contribution in [0.15, 0.2) is 35.3 Å². The van der Waals surface area contributed by atoms with Crippen LogP contribution in [0.3, 0.4) is 0 Å². The molecule has 0 aliphatic rings. The minimum atomic E-state index is -0.405. The van der Waals surface area contributed by atoms with Gasteiger partial charge < -0.3 is 4.74 Å². The minimum absolute atomic E-state index is 0.185. The van der Waals surface area contributed by atoms with Crippen LogP contribution in [-0.4, -0.2) is 20.8 Å². The Morgan fingerprint density at radius 1 is 1.24 bits per heavy atom. The van der Waals surface area contributed by atoms with E-state index in [1.165, 1.54) is 4.68 Å². The predicted octanol–water partition coefficient (Wildman–Crippen LogP) is 4.77. The van der Waals surface area contributed by atoms with E-state index in [-0.39, 0.29) is 10.6 Å². The van der Waals surface area contributed by atoms with E-state index in [0.29, 0.717) is 12.2 Å². The number of benzene rings is 1. The van der Waals surface area contributed by atoms with Crippen LogP contribution in [0.25, 0.3) is 12.2 Å². The van der Waals surface area contributed by atoms with Gasteiger partial charge in [-0.05, 0) is 31.9 Å². The summed E-state index contributed by atoms with van der Waals surface area (Å²) in [5.41, 5.74) is 2.09. The van der Waals surface area contributed by atoms with E-state index < -0.39 is 5.54 Å². The SMILES string of the molecule is CC(C)(C)n1ncc(/C=C/c2ccc(COCCI)cc2)c(Cl)c1=O. The Labute approximate surface area is 167 Å². The molecule has 1 heterocycles. The highest BCUT2D eigenvalue weighted by atomic mass is 127. The van der Waals surface area contributed by atoms with Crippen molar-refractivity contribution < 1.29 is 4.74 Å². The standard InChI is InChI=1S/C19H22ClIN2O2/c1-19(2,3)23-18(24)17(20)16(12-22-23)9-8-14-4-6-15(7-5-14)13-25-11-10-21/h4-9,12H,10-11,13H2,1-3H3/b9-8+. The van der Waals surface area contributed by atoms with Gasteiger partial charge in [0.2, 0.25) is 0 Å². The van der Waals surface area contributed by atoms with Gasteiger partial charge in [0.1, 0.15) is 5.02 Å². The van der Waals surface area contributed by atoms with Crippen LogP contribution in [0.2, 0.25) is 5.02 Å². The Kier molecular flexibility index (Phi) is 7.22. The minimum Gasteiger partial charge on any atom is -0.376 e. The van der Waals surface area contributed by atoms with Crippen LogP contribution in [0.4, 0.5) is 0 Å². The van der Waals surface area contributed by atoms with Gasteiger partial charge >= 0.3 is 0 Å². The molecule has 0 atom stereocenters. The largest absolute Gasteiger partial charge is 0.376 e. The number of alkyl halides is 1. The number of rotatable bonds is 6. The molecule has 0 radical (unpaired) electrons. The summed E-state index contributed by atoms with van der Waals surface area (Å²) in [4.78, 5) is 12.3. The summed E-state index contributed by atoms with van der Waals surface area (Å²) in [5.74, 6) is 0. The average Bonchev–Trinajstić information content (AvgIpc) is 2.56. The molecule has 0 N–H and O–H groups in total. The molecule has 1 aromatic heterocycles. The van der Waals surface area contributed by atoms with E-state index >= 15 is 0 Å². The second kappa shape index (κ2) is 8.96. The molecule has 4 nitrogen and oxygen atoms in total. The highest BCUT2D eigenvalue weighted by Gasteiger charge is 2.18. The fraction of sp³-hybridized carbons (Fsp3) is 0.368. The van der Waals surface area contributed by atoms with Crippen LogP contribution in [0, 0.1) is 0 Å². The van der Waals surface area contributed by atoms with Gasteiger partial charge in [-0.2, -0.15) is 5.10 Å². The van der Waals surface area contributed by atoms with Gasteiger partial charge in [-0.3, -0.25) is 4.79 Å². The summed E-state index contributed by atoms with van der Waals surface area (Å²) in [5, 5.41) is 4.42. The number of hydrogen-bond acceptors (Lipinski definition) is 3. The Bertz CT molecular complexity index is 793. The molecule has 0 spiro atoms. The average molecular weight is 473 g/mol. The number of nitrogens with zero attached hydrogens (tertiary/aromatic N) is 2. The highest BCUT2D eigenvalue weighted by Crippen LogP contribution is 2.17. The zero-order valence-corrected chi connectivity index (χ0v) is 17.5. The molecule has 6 heteroatoms. The van der Waals surface area contributed by atoms with Crippen LogP contribution >= 0.6 is 34.2 Å². The molecule has 2 rings (SSSR count). The molecule has 1 aromatic carbocycles. The summed E-state index contributed by atoms with van der Waals surface area (Å²) < 4.78 is 7.90. The van der Waals surface area contributed by atoms with E-state index in [0.717, 1.165) is 22.2 Å². The van der Waals surface area contributed by atoms with Crippen molar-refractivity contribution in [2.75, 3.05) is 11.0 Å². The lowest BCUT2D eigenvalue weighted by atomic mass is 10.1. The molecular weight excluding hydrogens is 451 g/mol. The van der Waals surface area contributed by atoms with Gasteiger partial charge in [-0.15, -0.1) is 0 Å². The van der Waals surface area contributed by atoms with Gasteiger partial charge in [0.15, 0.2) is 0 Å². The molecule has 0 amide bonds. The first kappa shape index (κ1) is 20.1. The molecule has 0 fully saturated rings. The predicted molar refractivity (Wildman–Crippen MR) is 112 cm³/mol. The van der Waals surface area contributed by atoms with Crippen molar-refractivity contribution >= 4 is 46.3 Å². The van der Waals surface area contributed by atoms with Crippen molar-refractivity contribution in [3.8, 4) is 0 Å². The van der Waals surface area contributed by atoms with Crippen molar-refractivity contribution in [1.82, 2.24) is 9.78 Å². The molecule has 0 saturated heterocycles. The lowest BCUT2D eigenvalue weighted by Crippen LogP contribution is -2.36. The summed E-state index contributed by atoms with van der Waals surface area (Å²) in [7, 11) is 0. The van der Waals surface area contributed by atoms with E-state index in [4.69, 9.17) is 16.3 Å². The second-order valence-electron chi connectivity index (χ2n) is 6.62. The van der Waals surface area contributed by atoms with Crippen LogP contribution in [0.1, 0.15) is 37.5 Å². The molecule has 25 heavy (non-hydrogen) atoms. The van der Waals surface area contributed by atoms with E-state index in [1.807, 2.05) is 57.2 Å². The first-order chi connectivity index (χ1) is 11.8. The van der Waals surface area contributed by atoms with Gasteiger partial charge in [-0.25, -0.2) is 4.68 Å². The van der Waals surface area contributed by atoms with Crippen molar-refractivity contribution in [1.29, 1.82) is 0 Å². The maximum Gasteiger partial charge on any atom is 0.286 e. The monoisotopic (exact) mass is 472 g/mol. The third-order valence-electron chi connectivity index (χ3n) is 3.51. The lowest BCUT2D eigenvalue weighted by molar-refractivity contribution is 0.138. The molecule has 0 aliphatic carbocycles. The maximum absolute atomic E-state index is 12.3. The van der Waals surface area contributed by atoms with Crippen molar-refractivity contribution in [2.45, 2.75) is 32.9 Å². The number of ether oxygens (including phenoxy) is 1. The Morgan fingerprint density at radius 3 is 2.52 bits per heavy atom. The van der Waals surface area contributed by atoms with Crippen molar-refractivity contribution in [3.05, 3.63) is 62.5 Å². The molecule has 2 aromatic rings. The third-order valence-corrected chi connectivity index (χ3v) is 4.33. The van der Waals surface area contributed by atoms with Gasteiger partial charge in [0, 0.05) is 9.99 Å². The highest BCUT2D eigenvalue weighted by molar-refractivity contribution is 14.1. The Morgan fingerprint density at radius 2 is 1.92 bits per heavy atom. The zero-order chi connectivity index (χ0) is 18.4. The summed E-state index contributed by atoms with van der Waals surface area (Å²) in [6.45, 7) is 7.12. The fourth-order valence-corrected chi connectivity index (χ4v) is 2.70. The van der Waals surface area contributed by atoms with Crippen LogP contribution in [-0.2, 0) is 16.9 Å². The quantitative estimate of drug-likeness (QED) is 0.345. The number of halogens is 2. The molecule has 134 valence electrons. The first-order valence-electron chi connectivity index (χ1n) is 8.02. The number of hydrogen-bond donors (Lipinski definition) is 0. The second-order valence-corrected chi connectivity index (χ2v) is 8.07. The Hall–Kier alpha value is -1.18. The fourth-order valence-electron chi connectivity index (χ4n) is 2.20. The number of aromatic nitrogens is 2. The normalized spacial score (nSPS) is 12.0. The maximum atomic E-state index is 12.3. The van der Waals surface area contributed by atoms with Gasteiger partial charge in [-0.1, -0.05) is 70.6 Å². The summed E-state index contributed by atoms with van der Waals surface area (Å²) in [6.07, 6.45) is 5.35. The summed E-state index contributed by atoms with van der Waals surface area (Å²) in [6, 6.07) is 8.09. The third kappa shape index (κ3) is 5.66. The van der Waals surface area contributed by atoms with Crippen LogP contribution < -0.4 is 5.56 Å². The summed E-state index contributed by atoms with van der Waals surface area (Å²) >= 11 is 8.51. The van der Waals surface area contributed by atoms with Gasteiger partial charge in [0.25, 0.3) is 5.56 Å². The molecule has 0 bridgehead atoms. The van der Waals surface area contributed by atoms with Crippen molar-refractivity contribution in [2.24, 2.45) is 0 Å². The zero-order valence-electron chi connectivity index (χ0n) is 14.6. The van der Waals surface area contributed by atoms with E-state index in [1.54, 1.807) is 6.20 Å². The van der Waals surface area contributed by atoms with Crippen LogP contribution in [0.5, 0.6) is 0 Å². The lowest BCUT2D eigenvalue weighted by Gasteiger charge is -2.20. The Balaban J connectivity index is 2.14. The topological polar surface area (TPSA) is 44.1 Å². The smallest absolute Gasteiger partial charge is 0.286 e. The molecule has 0 aliphatic heterocycles. The molecule has 0 saturated carbocycles. The molecular formula is C19H22ClIN2O2. The van der Waals surface area contributed by atoms with Gasteiger partial charge in [0.05, 0.1) is 24.9 Å². The van der Waals surface area contributed by atoms with Crippen molar-refractivity contribution in [3.63, 3.8) is 0 Å². The first-order valence-corrected chi connectivity index (χ1v) is 9.92. The molecule has 0 unspecified atom stereocenters.